The zero-order valence-electron chi connectivity index (χ0n) is 14.4. The summed E-state index contributed by atoms with van der Waals surface area (Å²) in [5.41, 5.74) is 1.11. The smallest absolute Gasteiger partial charge is 0.191 e. The Hall–Kier alpha value is -1.54. The fourth-order valence-electron chi connectivity index (χ4n) is 2.14. The standard InChI is InChI=1S/C18H23ClN4O.HI/c1-3-21-18(22-10-11-24-17-8-5-9-20-13-17)23-14(2)15-6-4-7-16(19)12-15;/h4-9,12-14H,3,10-11H2,1-2H3,(H2,21,22,23);1H. The quantitative estimate of drug-likeness (QED) is 0.275. The molecule has 2 N–H and O–H groups in total. The number of pyridine rings is 1. The Labute approximate surface area is 171 Å². The van der Waals surface area contributed by atoms with Gasteiger partial charge in [-0.3, -0.25) is 4.98 Å². The maximum atomic E-state index is 6.05. The first-order chi connectivity index (χ1) is 11.7. The molecule has 136 valence electrons. The average Bonchev–Trinajstić information content (AvgIpc) is 2.59. The molecule has 25 heavy (non-hydrogen) atoms. The van der Waals surface area contributed by atoms with Gasteiger partial charge in [-0.05, 0) is 43.7 Å². The van der Waals surface area contributed by atoms with Gasteiger partial charge in [-0.2, -0.15) is 0 Å². The maximum absolute atomic E-state index is 6.05. The van der Waals surface area contributed by atoms with E-state index in [1.54, 1.807) is 12.4 Å². The monoisotopic (exact) mass is 474 g/mol. The van der Waals surface area contributed by atoms with Crippen LogP contribution in [0, 0.1) is 0 Å². The van der Waals surface area contributed by atoms with Gasteiger partial charge in [0.25, 0.3) is 0 Å². The van der Waals surface area contributed by atoms with Crippen LogP contribution in [-0.2, 0) is 0 Å². The van der Waals surface area contributed by atoms with E-state index in [0.717, 1.165) is 28.8 Å². The van der Waals surface area contributed by atoms with Crippen LogP contribution in [0.25, 0.3) is 0 Å². The first kappa shape index (κ1) is 21.5. The SMILES string of the molecule is CCNC(=NCCOc1cccnc1)NC(C)c1cccc(Cl)c1.I. The molecule has 0 saturated carbocycles. The summed E-state index contributed by atoms with van der Waals surface area (Å²) in [5, 5.41) is 7.34. The summed E-state index contributed by atoms with van der Waals surface area (Å²) in [7, 11) is 0. The third-order valence-corrected chi connectivity index (χ3v) is 3.55. The zero-order valence-corrected chi connectivity index (χ0v) is 17.5. The fourth-order valence-corrected chi connectivity index (χ4v) is 2.34. The van der Waals surface area contributed by atoms with Crippen LogP contribution in [0.15, 0.2) is 53.8 Å². The zero-order chi connectivity index (χ0) is 17.2. The highest BCUT2D eigenvalue weighted by atomic mass is 127. The van der Waals surface area contributed by atoms with Crippen LogP contribution in [0.3, 0.4) is 0 Å². The molecule has 1 heterocycles. The van der Waals surface area contributed by atoms with Gasteiger partial charge in [-0.15, -0.1) is 24.0 Å². The molecule has 7 heteroatoms. The fraction of sp³-hybridized carbons (Fsp3) is 0.333. The van der Waals surface area contributed by atoms with E-state index in [0.29, 0.717) is 13.2 Å². The molecule has 0 saturated heterocycles. The Morgan fingerprint density at radius 2 is 2.16 bits per heavy atom. The Bertz CT molecular complexity index is 655. The highest BCUT2D eigenvalue weighted by Gasteiger charge is 2.08. The van der Waals surface area contributed by atoms with Crippen molar-refractivity contribution in [1.29, 1.82) is 0 Å². The Morgan fingerprint density at radius 1 is 1.32 bits per heavy atom. The lowest BCUT2D eigenvalue weighted by Crippen LogP contribution is -2.39. The van der Waals surface area contributed by atoms with Crippen molar-refractivity contribution in [3.63, 3.8) is 0 Å². The molecule has 0 fully saturated rings. The molecule has 0 radical (unpaired) electrons. The largest absolute Gasteiger partial charge is 0.490 e. The number of nitrogens with zero attached hydrogens (tertiary/aromatic N) is 2. The average molecular weight is 475 g/mol. The van der Waals surface area contributed by atoms with Gasteiger partial charge in [0.2, 0.25) is 0 Å². The van der Waals surface area contributed by atoms with E-state index in [4.69, 9.17) is 16.3 Å². The van der Waals surface area contributed by atoms with Gasteiger partial charge in [0.15, 0.2) is 5.96 Å². The second-order valence-electron chi connectivity index (χ2n) is 5.22. The topological polar surface area (TPSA) is 58.5 Å². The van der Waals surface area contributed by atoms with E-state index in [2.05, 4.69) is 27.5 Å². The van der Waals surface area contributed by atoms with E-state index >= 15 is 0 Å². The summed E-state index contributed by atoms with van der Waals surface area (Å²) in [4.78, 5) is 8.54. The van der Waals surface area contributed by atoms with Gasteiger partial charge >= 0.3 is 0 Å². The van der Waals surface area contributed by atoms with E-state index in [-0.39, 0.29) is 30.0 Å². The van der Waals surface area contributed by atoms with Gasteiger partial charge < -0.3 is 15.4 Å². The lowest BCUT2D eigenvalue weighted by molar-refractivity contribution is 0.327. The molecule has 1 atom stereocenters. The van der Waals surface area contributed by atoms with Crippen LogP contribution >= 0.6 is 35.6 Å². The molecule has 0 amide bonds. The van der Waals surface area contributed by atoms with Crippen LogP contribution in [0.2, 0.25) is 5.02 Å². The Kier molecular flexibility index (Phi) is 10.3. The molecule has 0 spiro atoms. The van der Waals surface area contributed by atoms with Crippen LogP contribution in [0.5, 0.6) is 5.75 Å². The van der Waals surface area contributed by atoms with Crippen molar-refractivity contribution >= 4 is 41.5 Å². The summed E-state index contributed by atoms with van der Waals surface area (Å²) in [6.07, 6.45) is 3.41. The summed E-state index contributed by atoms with van der Waals surface area (Å²) in [5.74, 6) is 1.50. The molecular weight excluding hydrogens is 451 g/mol. The van der Waals surface area contributed by atoms with Crippen LogP contribution < -0.4 is 15.4 Å². The highest BCUT2D eigenvalue weighted by Crippen LogP contribution is 2.17. The summed E-state index contributed by atoms with van der Waals surface area (Å²) < 4.78 is 5.60. The third-order valence-electron chi connectivity index (χ3n) is 3.31. The van der Waals surface area contributed by atoms with Crippen LogP contribution in [-0.4, -0.2) is 30.6 Å². The summed E-state index contributed by atoms with van der Waals surface area (Å²) in [6.45, 7) is 5.94. The number of hydrogen-bond acceptors (Lipinski definition) is 3. The third kappa shape index (κ3) is 7.92. The number of benzene rings is 1. The minimum Gasteiger partial charge on any atom is -0.490 e. The van der Waals surface area contributed by atoms with Crippen molar-refractivity contribution in [3.05, 3.63) is 59.4 Å². The van der Waals surface area contributed by atoms with E-state index < -0.39 is 0 Å². The van der Waals surface area contributed by atoms with E-state index in [1.165, 1.54) is 0 Å². The van der Waals surface area contributed by atoms with Gasteiger partial charge in [0, 0.05) is 17.8 Å². The summed E-state index contributed by atoms with van der Waals surface area (Å²) in [6, 6.07) is 11.6. The molecular formula is C18H24ClIN4O. The minimum absolute atomic E-state index is 0. The first-order valence-corrected chi connectivity index (χ1v) is 8.40. The van der Waals surface area contributed by atoms with Crippen molar-refractivity contribution in [3.8, 4) is 5.75 Å². The molecule has 1 unspecified atom stereocenters. The van der Waals surface area contributed by atoms with E-state index in [1.807, 2.05) is 43.3 Å². The second-order valence-corrected chi connectivity index (χ2v) is 5.66. The van der Waals surface area contributed by atoms with Crippen molar-refractivity contribution in [2.75, 3.05) is 19.7 Å². The number of guanidine groups is 1. The molecule has 5 nitrogen and oxygen atoms in total. The van der Waals surface area contributed by atoms with Crippen LogP contribution in [0.1, 0.15) is 25.5 Å². The van der Waals surface area contributed by atoms with E-state index in [9.17, 15) is 0 Å². The molecule has 2 rings (SSSR count). The van der Waals surface area contributed by atoms with Gasteiger partial charge in [0.1, 0.15) is 12.4 Å². The Morgan fingerprint density at radius 3 is 2.84 bits per heavy atom. The normalized spacial score (nSPS) is 12.0. The molecule has 1 aromatic carbocycles. The van der Waals surface area contributed by atoms with Crippen molar-refractivity contribution in [1.82, 2.24) is 15.6 Å². The van der Waals surface area contributed by atoms with Crippen molar-refractivity contribution in [2.45, 2.75) is 19.9 Å². The first-order valence-electron chi connectivity index (χ1n) is 8.02. The van der Waals surface area contributed by atoms with Gasteiger partial charge in [0.05, 0.1) is 18.8 Å². The molecule has 1 aromatic heterocycles. The minimum atomic E-state index is 0. The molecule has 0 bridgehead atoms. The molecule has 0 aliphatic carbocycles. The highest BCUT2D eigenvalue weighted by molar-refractivity contribution is 14.0. The number of halogens is 2. The Balaban J connectivity index is 0.00000312. The lowest BCUT2D eigenvalue weighted by atomic mass is 10.1. The number of rotatable bonds is 7. The number of nitrogens with one attached hydrogen (secondary N) is 2. The number of hydrogen-bond donors (Lipinski definition) is 2. The predicted octanol–water partition coefficient (Wildman–Crippen LogP) is 4.05. The van der Waals surface area contributed by atoms with Crippen LogP contribution in [0.4, 0.5) is 0 Å². The molecule has 0 aliphatic rings. The second kappa shape index (κ2) is 11.9. The summed E-state index contributed by atoms with van der Waals surface area (Å²) >= 11 is 6.05. The number of aliphatic imine (C=N–C) groups is 1. The maximum Gasteiger partial charge on any atom is 0.191 e. The number of ether oxygens (including phenoxy) is 1. The molecule has 0 aliphatic heterocycles. The van der Waals surface area contributed by atoms with Crippen molar-refractivity contribution in [2.24, 2.45) is 4.99 Å². The van der Waals surface area contributed by atoms with Gasteiger partial charge in [-0.25, -0.2) is 4.99 Å². The lowest BCUT2D eigenvalue weighted by Gasteiger charge is -2.18. The van der Waals surface area contributed by atoms with Gasteiger partial charge in [-0.1, -0.05) is 23.7 Å². The van der Waals surface area contributed by atoms with Crippen molar-refractivity contribution < 1.29 is 4.74 Å². The predicted molar refractivity (Wildman–Crippen MR) is 114 cm³/mol. The molecule has 2 aromatic rings. The number of aromatic nitrogens is 1.